The van der Waals surface area contributed by atoms with Crippen molar-refractivity contribution in [3.05, 3.63) is 81.2 Å². The second kappa shape index (κ2) is 9.06. The molecule has 0 unspecified atom stereocenters. The van der Waals surface area contributed by atoms with E-state index in [0.717, 1.165) is 33.8 Å². The van der Waals surface area contributed by atoms with Crippen LogP contribution in [0.4, 0.5) is 4.79 Å². The molecule has 30 heavy (non-hydrogen) atoms. The average molecular weight is 482 g/mol. The Morgan fingerprint density at radius 1 is 1.03 bits per heavy atom. The van der Waals surface area contributed by atoms with Gasteiger partial charge in [0.1, 0.15) is 12.4 Å². The lowest BCUT2D eigenvalue weighted by atomic mass is 10.1. The van der Waals surface area contributed by atoms with E-state index in [4.69, 9.17) is 4.74 Å². The Morgan fingerprint density at radius 2 is 1.83 bits per heavy atom. The second-order valence-electron chi connectivity index (χ2n) is 6.99. The van der Waals surface area contributed by atoms with Gasteiger partial charge in [-0.2, -0.15) is 0 Å². The summed E-state index contributed by atoms with van der Waals surface area (Å²) in [4.78, 5) is 26.4. The van der Waals surface area contributed by atoms with Crippen molar-refractivity contribution < 1.29 is 14.3 Å². The van der Waals surface area contributed by atoms with Gasteiger partial charge in [-0.15, -0.1) is 0 Å². The van der Waals surface area contributed by atoms with Crippen LogP contribution in [-0.4, -0.2) is 22.6 Å². The summed E-state index contributed by atoms with van der Waals surface area (Å²) in [5, 5.41) is 2.13. The molecule has 0 bridgehead atoms. The number of hydrogen-bond donors (Lipinski definition) is 0. The van der Waals surface area contributed by atoms with Crippen LogP contribution >= 0.6 is 27.7 Å². The Balaban J connectivity index is 1.57. The smallest absolute Gasteiger partial charge is 0.293 e. The zero-order chi connectivity index (χ0) is 21.1. The minimum atomic E-state index is -0.243. The fraction of sp³-hybridized carbons (Fsp3) is 0.167. The number of amides is 2. The van der Waals surface area contributed by atoms with E-state index in [1.54, 1.807) is 6.08 Å². The molecule has 0 spiro atoms. The third-order valence-corrected chi connectivity index (χ3v) is 6.19. The van der Waals surface area contributed by atoms with E-state index in [9.17, 15) is 9.59 Å². The monoisotopic (exact) mass is 481 g/mol. The third-order valence-electron chi connectivity index (χ3n) is 4.79. The summed E-state index contributed by atoms with van der Waals surface area (Å²) in [5.74, 6) is 0.418. The zero-order valence-electron chi connectivity index (χ0n) is 16.4. The summed E-state index contributed by atoms with van der Waals surface area (Å²) < 4.78 is 6.96. The first-order valence-corrected chi connectivity index (χ1v) is 11.3. The Kier molecular flexibility index (Phi) is 6.25. The fourth-order valence-electron chi connectivity index (χ4n) is 3.31. The molecular weight excluding hydrogens is 462 g/mol. The highest BCUT2D eigenvalue weighted by molar-refractivity contribution is 9.10. The van der Waals surface area contributed by atoms with E-state index in [1.165, 1.54) is 15.7 Å². The summed E-state index contributed by atoms with van der Waals surface area (Å²) in [7, 11) is 0. The van der Waals surface area contributed by atoms with Crippen molar-refractivity contribution in [3.8, 4) is 5.75 Å². The first-order chi connectivity index (χ1) is 14.5. The van der Waals surface area contributed by atoms with E-state index in [0.29, 0.717) is 23.8 Å². The highest BCUT2D eigenvalue weighted by Crippen LogP contribution is 2.35. The predicted octanol–water partition coefficient (Wildman–Crippen LogP) is 6.63. The van der Waals surface area contributed by atoms with Crippen LogP contribution in [0, 0.1) is 0 Å². The van der Waals surface area contributed by atoms with Gasteiger partial charge in [-0.05, 0) is 64.9 Å². The molecule has 0 aromatic heterocycles. The summed E-state index contributed by atoms with van der Waals surface area (Å²) in [6.45, 7) is 2.79. The van der Waals surface area contributed by atoms with Crippen molar-refractivity contribution in [2.75, 3.05) is 6.54 Å². The molecule has 1 heterocycles. The van der Waals surface area contributed by atoms with Crippen LogP contribution in [0.1, 0.15) is 24.5 Å². The number of benzene rings is 3. The molecule has 0 atom stereocenters. The minimum Gasteiger partial charge on any atom is -0.488 e. The van der Waals surface area contributed by atoms with Crippen molar-refractivity contribution in [1.29, 1.82) is 0 Å². The number of rotatable bonds is 6. The lowest BCUT2D eigenvalue weighted by Crippen LogP contribution is -2.28. The predicted molar refractivity (Wildman–Crippen MR) is 125 cm³/mol. The highest BCUT2D eigenvalue weighted by atomic mass is 79.9. The van der Waals surface area contributed by atoms with Crippen molar-refractivity contribution in [3.63, 3.8) is 0 Å². The van der Waals surface area contributed by atoms with Gasteiger partial charge in [-0.1, -0.05) is 59.3 Å². The average Bonchev–Trinajstić information content (AvgIpc) is 3.01. The summed E-state index contributed by atoms with van der Waals surface area (Å²) >= 11 is 4.45. The molecule has 0 aliphatic carbocycles. The van der Waals surface area contributed by atoms with Gasteiger partial charge in [0.15, 0.2) is 0 Å². The number of carbonyl (C=O) groups is 2. The SMILES string of the molecule is CCCN1C(=O)S/C(=C/c2cc(Br)ccc2OCc2ccc3ccccc3c2)C1=O. The van der Waals surface area contributed by atoms with Gasteiger partial charge in [0.25, 0.3) is 11.1 Å². The minimum absolute atomic E-state index is 0.221. The van der Waals surface area contributed by atoms with Gasteiger partial charge in [0, 0.05) is 16.6 Å². The number of thioether (sulfide) groups is 1. The maximum Gasteiger partial charge on any atom is 0.293 e. The topological polar surface area (TPSA) is 46.6 Å². The molecule has 0 saturated carbocycles. The van der Waals surface area contributed by atoms with E-state index in [2.05, 4.69) is 46.3 Å². The normalized spacial score (nSPS) is 15.4. The largest absolute Gasteiger partial charge is 0.488 e. The first kappa shape index (κ1) is 20.7. The molecule has 3 aromatic carbocycles. The van der Waals surface area contributed by atoms with Gasteiger partial charge in [-0.25, -0.2) is 0 Å². The fourth-order valence-corrected chi connectivity index (χ4v) is 4.55. The lowest BCUT2D eigenvalue weighted by molar-refractivity contribution is -0.122. The zero-order valence-corrected chi connectivity index (χ0v) is 18.8. The van der Waals surface area contributed by atoms with Crippen LogP contribution < -0.4 is 4.74 Å². The number of ether oxygens (including phenoxy) is 1. The van der Waals surface area contributed by atoms with Crippen LogP contribution in [0.3, 0.4) is 0 Å². The maximum atomic E-state index is 12.6. The first-order valence-electron chi connectivity index (χ1n) is 9.70. The molecule has 1 aliphatic rings. The molecule has 0 radical (unpaired) electrons. The number of imide groups is 1. The molecule has 0 N–H and O–H groups in total. The number of hydrogen-bond acceptors (Lipinski definition) is 4. The van der Waals surface area contributed by atoms with E-state index in [-0.39, 0.29) is 11.1 Å². The molecule has 1 fully saturated rings. The molecule has 2 amide bonds. The van der Waals surface area contributed by atoms with Crippen LogP contribution in [0.25, 0.3) is 16.8 Å². The summed E-state index contributed by atoms with van der Waals surface area (Å²) in [6, 6.07) is 20.1. The van der Waals surface area contributed by atoms with Crippen LogP contribution in [0.15, 0.2) is 70.0 Å². The Hall–Kier alpha value is -2.57. The Morgan fingerprint density at radius 3 is 2.63 bits per heavy atom. The molecule has 4 nitrogen and oxygen atoms in total. The number of fused-ring (bicyclic) bond motifs is 1. The van der Waals surface area contributed by atoms with Crippen molar-refractivity contribution in [2.24, 2.45) is 0 Å². The van der Waals surface area contributed by atoms with Gasteiger partial charge < -0.3 is 4.74 Å². The lowest BCUT2D eigenvalue weighted by Gasteiger charge is -2.12. The molecule has 1 aliphatic heterocycles. The van der Waals surface area contributed by atoms with E-state index in [1.807, 2.05) is 37.3 Å². The van der Waals surface area contributed by atoms with Crippen molar-refractivity contribution in [2.45, 2.75) is 20.0 Å². The molecule has 1 saturated heterocycles. The summed E-state index contributed by atoms with van der Waals surface area (Å²) in [6.07, 6.45) is 2.48. The molecule has 6 heteroatoms. The van der Waals surface area contributed by atoms with Gasteiger partial charge in [0.2, 0.25) is 0 Å². The quantitative estimate of drug-likeness (QED) is 0.370. The molecule has 152 valence electrons. The number of carbonyl (C=O) groups excluding carboxylic acids is 2. The highest BCUT2D eigenvalue weighted by Gasteiger charge is 2.34. The number of nitrogens with zero attached hydrogens (tertiary/aromatic N) is 1. The van der Waals surface area contributed by atoms with E-state index >= 15 is 0 Å². The number of halogens is 1. The van der Waals surface area contributed by atoms with Crippen LogP contribution in [-0.2, 0) is 11.4 Å². The maximum absolute atomic E-state index is 12.6. The molecular formula is C24H20BrNO3S. The molecule has 4 rings (SSSR count). The Labute approximate surface area is 188 Å². The van der Waals surface area contributed by atoms with Crippen molar-refractivity contribution >= 4 is 55.7 Å². The third kappa shape index (κ3) is 4.45. The van der Waals surface area contributed by atoms with Crippen molar-refractivity contribution in [1.82, 2.24) is 4.90 Å². The Bertz CT molecular complexity index is 1160. The summed E-state index contributed by atoms with van der Waals surface area (Å²) in [5.41, 5.74) is 1.82. The standard InChI is InChI=1S/C24H20BrNO3S/c1-2-11-26-23(27)22(30-24(26)28)14-19-13-20(25)9-10-21(19)29-15-16-7-8-17-5-3-4-6-18(17)12-16/h3-10,12-14H,2,11,15H2,1H3/b22-14+. The van der Waals surface area contributed by atoms with Crippen LogP contribution in [0.5, 0.6) is 5.75 Å². The van der Waals surface area contributed by atoms with Gasteiger partial charge in [0.05, 0.1) is 4.91 Å². The van der Waals surface area contributed by atoms with Gasteiger partial charge >= 0.3 is 0 Å². The van der Waals surface area contributed by atoms with Crippen LogP contribution in [0.2, 0.25) is 0 Å². The second-order valence-corrected chi connectivity index (χ2v) is 8.89. The van der Waals surface area contributed by atoms with Gasteiger partial charge in [-0.3, -0.25) is 14.5 Å². The van der Waals surface area contributed by atoms with E-state index < -0.39 is 0 Å². The molecule has 3 aromatic rings.